The van der Waals surface area contributed by atoms with Crippen LogP contribution < -0.4 is 20.7 Å². The fourth-order valence-corrected chi connectivity index (χ4v) is 2.48. The summed E-state index contributed by atoms with van der Waals surface area (Å²) in [4.78, 5) is 24.2. The molecule has 0 bridgehead atoms. The molecule has 0 aliphatic rings. The zero-order valence-corrected chi connectivity index (χ0v) is 17.1. The minimum absolute atomic E-state index is 0.0866. The van der Waals surface area contributed by atoms with Crippen LogP contribution in [0.1, 0.15) is 37.0 Å². The maximum atomic E-state index is 12.2. The highest BCUT2D eigenvalue weighted by Crippen LogP contribution is 2.18. The van der Waals surface area contributed by atoms with Gasteiger partial charge < -0.3 is 20.7 Å². The van der Waals surface area contributed by atoms with Gasteiger partial charge in [-0.2, -0.15) is 0 Å². The van der Waals surface area contributed by atoms with Crippen molar-refractivity contribution in [2.75, 3.05) is 30.3 Å². The van der Waals surface area contributed by atoms with E-state index in [4.69, 9.17) is 4.74 Å². The number of carbonyl (C=O) groups is 2. The van der Waals surface area contributed by atoms with Crippen LogP contribution in [0.15, 0.2) is 60.7 Å². The lowest BCUT2D eigenvalue weighted by Crippen LogP contribution is -2.24. The number of hydrogen-bond donors (Lipinski definition) is 3. The molecule has 0 saturated heterocycles. The van der Waals surface area contributed by atoms with Gasteiger partial charge in [-0.15, -0.1) is 0 Å². The van der Waals surface area contributed by atoms with E-state index in [-0.39, 0.29) is 18.4 Å². The maximum Gasteiger partial charge on any atom is 0.251 e. The van der Waals surface area contributed by atoms with Crippen molar-refractivity contribution in [2.24, 2.45) is 0 Å². The van der Waals surface area contributed by atoms with E-state index >= 15 is 0 Å². The third-order valence-electron chi connectivity index (χ3n) is 4.02. The fourth-order valence-electron chi connectivity index (χ4n) is 2.48. The second kappa shape index (κ2) is 11.5. The van der Waals surface area contributed by atoms with E-state index in [0.29, 0.717) is 30.2 Å². The zero-order chi connectivity index (χ0) is 21.1. The Morgan fingerprint density at radius 3 is 2.52 bits per heavy atom. The number of unbranched alkanes of at least 4 members (excludes halogenated alkanes) is 1. The zero-order valence-electron chi connectivity index (χ0n) is 17.1. The molecule has 0 aliphatic heterocycles. The summed E-state index contributed by atoms with van der Waals surface area (Å²) in [6.45, 7) is 8.99. The molecule has 0 saturated carbocycles. The second-order valence-electron chi connectivity index (χ2n) is 6.86. The Hall–Kier alpha value is -3.28. The van der Waals surface area contributed by atoms with Crippen LogP contribution in [-0.2, 0) is 4.79 Å². The molecule has 0 atom stereocenters. The molecule has 0 spiro atoms. The molecule has 154 valence electrons. The van der Waals surface area contributed by atoms with Gasteiger partial charge in [0.1, 0.15) is 12.4 Å². The molecule has 0 fully saturated rings. The van der Waals surface area contributed by atoms with Crippen LogP contribution in [0.2, 0.25) is 0 Å². The van der Waals surface area contributed by atoms with Gasteiger partial charge in [0.05, 0.1) is 6.54 Å². The molecule has 2 aromatic carbocycles. The first-order chi connectivity index (χ1) is 14.0. The highest BCUT2D eigenvalue weighted by Gasteiger charge is 2.06. The standard InChI is InChI=1S/C23H29N3O3/c1-4-5-13-24-23(28)18-9-11-19(12-10-18)25-15-22(27)26-20-7-6-8-21(14-20)29-16-17(2)3/h6-12,14,25H,2,4-5,13,15-16H2,1,3H3,(H,24,28)(H,26,27). The SMILES string of the molecule is C=C(C)COc1cccc(NC(=O)CNc2ccc(C(=O)NCCCC)cc2)c1. The molecular formula is C23H29N3O3. The number of nitrogens with one attached hydrogen (secondary N) is 3. The molecule has 2 amide bonds. The van der Waals surface area contributed by atoms with Crippen molar-refractivity contribution in [3.63, 3.8) is 0 Å². The highest BCUT2D eigenvalue weighted by atomic mass is 16.5. The summed E-state index contributed by atoms with van der Waals surface area (Å²) in [6, 6.07) is 14.3. The van der Waals surface area contributed by atoms with Crippen molar-refractivity contribution in [3.8, 4) is 5.75 Å². The lowest BCUT2D eigenvalue weighted by Gasteiger charge is -2.10. The number of ether oxygens (including phenoxy) is 1. The summed E-state index contributed by atoms with van der Waals surface area (Å²) in [5, 5.41) is 8.76. The van der Waals surface area contributed by atoms with Gasteiger partial charge in [-0.25, -0.2) is 0 Å². The molecule has 0 unspecified atom stereocenters. The Kier molecular flexibility index (Phi) is 8.76. The Morgan fingerprint density at radius 2 is 1.83 bits per heavy atom. The minimum atomic E-state index is -0.177. The largest absolute Gasteiger partial charge is 0.489 e. The van der Waals surface area contributed by atoms with Crippen LogP contribution >= 0.6 is 0 Å². The van der Waals surface area contributed by atoms with Crippen LogP contribution in [0.25, 0.3) is 0 Å². The Bertz CT molecular complexity index is 832. The van der Waals surface area contributed by atoms with Gasteiger partial charge in [0.25, 0.3) is 5.91 Å². The van der Waals surface area contributed by atoms with Crippen LogP contribution in [-0.4, -0.2) is 31.5 Å². The summed E-state index contributed by atoms with van der Waals surface area (Å²) in [5.41, 5.74) is 2.95. The second-order valence-corrected chi connectivity index (χ2v) is 6.86. The Morgan fingerprint density at radius 1 is 1.07 bits per heavy atom. The summed E-state index contributed by atoms with van der Waals surface area (Å²) in [7, 11) is 0. The molecule has 6 heteroatoms. The third kappa shape index (κ3) is 8.09. The van der Waals surface area contributed by atoms with Crippen LogP contribution in [0.3, 0.4) is 0 Å². The fraction of sp³-hybridized carbons (Fsp3) is 0.304. The molecule has 0 aromatic heterocycles. The normalized spacial score (nSPS) is 10.1. The van der Waals surface area contributed by atoms with Crippen LogP contribution in [0.4, 0.5) is 11.4 Å². The average molecular weight is 396 g/mol. The number of anilines is 2. The van der Waals surface area contributed by atoms with Crippen molar-refractivity contribution in [1.82, 2.24) is 5.32 Å². The molecule has 29 heavy (non-hydrogen) atoms. The van der Waals surface area contributed by atoms with Gasteiger partial charge in [-0.05, 0) is 55.3 Å². The van der Waals surface area contributed by atoms with Gasteiger partial charge in [-0.1, -0.05) is 26.0 Å². The van der Waals surface area contributed by atoms with E-state index in [1.807, 2.05) is 19.1 Å². The van der Waals surface area contributed by atoms with E-state index in [9.17, 15) is 9.59 Å². The monoisotopic (exact) mass is 395 g/mol. The van der Waals surface area contributed by atoms with Crippen molar-refractivity contribution in [3.05, 3.63) is 66.2 Å². The molecule has 0 heterocycles. The smallest absolute Gasteiger partial charge is 0.251 e. The van der Waals surface area contributed by atoms with Crippen molar-refractivity contribution in [2.45, 2.75) is 26.7 Å². The van der Waals surface area contributed by atoms with E-state index in [2.05, 4.69) is 29.5 Å². The maximum absolute atomic E-state index is 12.2. The van der Waals surface area contributed by atoms with Gasteiger partial charge in [-0.3, -0.25) is 9.59 Å². The first-order valence-electron chi connectivity index (χ1n) is 9.77. The van der Waals surface area contributed by atoms with Gasteiger partial charge in [0.15, 0.2) is 0 Å². The van der Waals surface area contributed by atoms with Crippen LogP contribution in [0, 0.1) is 0 Å². The number of hydrogen-bond acceptors (Lipinski definition) is 4. The molecule has 6 nitrogen and oxygen atoms in total. The molecular weight excluding hydrogens is 366 g/mol. The quantitative estimate of drug-likeness (QED) is 0.393. The lowest BCUT2D eigenvalue weighted by atomic mass is 10.2. The molecule has 0 aliphatic carbocycles. The predicted molar refractivity (Wildman–Crippen MR) is 118 cm³/mol. The number of benzene rings is 2. The minimum Gasteiger partial charge on any atom is -0.489 e. The van der Waals surface area contributed by atoms with Crippen molar-refractivity contribution >= 4 is 23.2 Å². The first-order valence-corrected chi connectivity index (χ1v) is 9.77. The third-order valence-corrected chi connectivity index (χ3v) is 4.02. The first kappa shape index (κ1) is 22.0. The number of amides is 2. The molecule has 2 aromatic rings. The molecule has 0 radical (unpaired) electrons. The van der Waals surface area contributed by atoms with E-state index in [0.717, 1.165) is 24.1 Å². The van der Waals surface area contributed by atoms with Gasteiger partial charge in [0.2, 0.25) is 5.91 Å². The lowest BCUT2D eigenvalue weighted by molar-refractivity contribution is -0.114. The number of carbonyl (C=O) groups excluding carboxylic acids is 2. The highest BCUT2D eigenvalue weighted by molar-refractivity contribution is 5.95. The summed E-state index contributed by atoms with van der Waals surface area (Å²) >= 11 is 0. The van der Waals surface area contributed by atoms with E-state index in [1.54, 1.807) is 36.4 Å². The summed E-state index contributed by atoms with van der Waals surface area (Å²) in [6.07, 6.45) is 2.00. The molecule has 3 N–H and O–H groups in total. The van der Waals surface area contributed by atoms with Crippen LogP contribution in [0.5, 0.6) is 5.75 Å². The number of rotatable bonds is 11. The van der Waals surface area contributed by atoms with E-state index < -0.39 is 0 Å². The summed E-state index contributed by atoms with van der Waals surface area (Å²) < 4.78 is 5.58. The topological polar surface area (TPSA) is 79.5 Å². The Labute approximate surface area is 172 Å². The van der Waals surface area contributed by atoms with Gasteiger partial charge in [0, 0.05) is 29.5 Å². The average Bonchev–Trinajstić information content (AvgIpc) is 2.71. The Balaban J connectivity index is 1.81. The van der Waals surface area contributed by atoms with Crippen molar-refractivity contribution in [1.29, 1.82) is 0 Å². The summed E-state index contributed by atoms with van der Waals surface area (Å²) in [5.74, 6) is 0.409. The molecule has 2 rings (SSSR count). The predicted octanol–water partition coefficient (Wildman–Crippen LogP) is 4.22. The van der Waals surface area contributed by atoms with Crippen molar-refractivity contribution < 1.29 is 14.3 Å². The van der Waals surface area contributed by atoms with E-state index in [1.165, 1.54) is 0 Å². The van der Waals surface area contributed by atoms with Gasteiger partial charge >= 0.3 is 0 Å².